The molecule has 6 rings (SSSR count). The van der Waals surface area contributed by atoms with Gasteiger partial charge in [0.2, 0.25) is 0 Å². The van der Waals surface area contributed by atoms with Gasteiger partial charge in [-0.1, -0.05) is 147 Å². The molecular weight excluding hydrogens is 597 g/mol. The summed E-state index contributed by atoms with van der Waals surface area (Å²) < 4.78 is 0. The molecule has 0 N–H and O–H groups in total. The van der Waals surface area contributed by atoms with Gasteiger partial charge in [0, 0.05) is 17.1 Å². The first-order valence-corrected chi connectivity index (χ1v) is 15.8. The maximum absolute atomic E-state index is 7.02. The van der Waals surface area contributed by atoms with Crippen LogP contribution >= 0.6 is 39.0 Å². The number of hydrogen-bond donors (Lipinski definition) is 0. The van der Waals surface area contributed by atoms with E-state index < -0.39 is 15.8 Å². The molecule has 0 spiro atoms. The van der Waals surface area contributed by atoms with Gasteiger partial charge in [-0.05, 0) is 21.2 Å². The SMILES string of the molecule is Clc1c(P(c2ccccc2)c2ccccc2)c(P(c2ccccc2)c2ccccc2)c[c-]1Cl.[Fe].[cH-]1[cH-][cH-][cH-][cH-]1. The summed E-state index contributed by atoms with van der Waals surface area (Å²) in [6.45, 7) is 0. The van der Waals surface area contributed by atoms with Crippen LogP contribution in [0.1, 0.15) is 0 Å². The molecule has 0 atom stereocenters. The average molecular weight is 623 g/mol. The Bertz CT molecular complexity index is 1420. The van der Waals surface area contributed by atoms with Crippen molar-refractivity contribution in [2.45, 2.75) is 0 Å². The molecule has 5 heteroatoms. The van der Waals surface area contributed by atoms with Crippen LogP contribution in [0.3, 0.4) is 0 Å². The van der Waals surface area contributed by atoms with Gasteiger partial charge in [0.1, 0.15) is 0 Å². The standard InChI is InChI=1S/C29H21Cl2P2.C5H5.Fe/c30-26-21-27(32(22-13-5-1-6-14-22)23-15-7-2-8-16-23)29(28(26)31)33(24-17-9-3-10-18-24)25-19-11-4-12-20-25;1-2-4-5-3-1;/h1-21H;1-5H;/q-1;-5;. The largest absolute Gasteiger partial charge is 0.748 e. The molecular formula is C34H26Cl2FeP2-6. The molecule has 0 saturated heterocycles. The number of rotatable bonds is 6. The van der Waals surface area contributed by atoms with Crippen molar-refractivity contribution in [2.24, 2.45) is 0 Å². The Morgan fingerprint density at radius 2 is 0.795 bits per heavy atom. The molecule has 0 aliphatic rings. The van der Waals surface area contributed by atoms with Crippen molar-refractivity contribution in [3.05, 3.63) is 168 Å². The number of hydrogen-bond acceptors (Lipinski definition) is 0. The minimum atomic E-state index is -0.880. The molecule has 39 heavy (non-hydrogen) atoms. The van der Waals surface area contributed by atoms with E-state index in [0.717, 1.165) is 5.30 Å². The van der Waals surface area contributed by atoms with Crippen molar-refractivity contribution >= 4 is 70.9 Å². The van der Waals surface area contributed by atoms with Crippen molar-refractivity contribution in [3.63, 3.8) is 0 Å². The summed E-state index contributed by atoms with van der Waals surface area (Å²) in [6, 6.07) is 54.8. The van der Waals surface area contributed by atoms with Gasteiger partial charge >= 0.3 is 0 Å². The van der Waals surface area contributed by atoms with Crippen LogP contribution in [0.15, 0.2) is 158 Å². The van der Waals surface area contributed by atoms with Crippen LogP contribution in [0.2, 0.25) is 10.0 Å². The second-order valence-electron chi connectivity index (χ2n) is 8.52. The van der Waals surface area contributed by atoms with E-state index in [1.54, 1.807) is 0 Å². The topological polar surface area (TPSA) is 0 Å². The summed E-state index contributed by atoms with van der Waals surface area (Å²) in [6.07, 6.45) is 0. The van der Waals surface area contributed by atoms with Crippen LogP contribution in [0.25, 0.3) is 0 Å². The third-order valence-corrected chi connectivity index (χ3v) is 12.1. The summed E-state index contributed by atoms with van der Waals surface area (Å²) in [7, 11) is -1.71. The van der Waals surface area contributed by atoms with Gasteiger partial charge in [0.15, 0.2) is 0 Å². The minimum absolute atomic E-state index is 0. The van der Waals surface area contributed by atoms with Crippen LogP contribution in [-0.2, 0) is 17.1 Å². The molecule has 200 valence electrons. The fraction of sp³-hybridized carbons (Fsp3) is 0. The van der Waals surface area contributed by atoms with Crippen LogP contribution in [0, 0.1) is 0 Å². The molecule has 0 saturated carbocycles. The Balaban J connectivity index is 0.000000530. The fourth-order valence-corrected chi connectivity index (χ4v) is 10.5. The Hall–Kier alpha value is -2.46. The Morgan fingerprint density at radius 3 is 1.13 bits per heavy atom. The van der Waals surface area contributed by atoms with Crippen molar-refractivity contribution in [1.29, 1.82) is 0 Å². The molecule has 6 aromatic rings. The van der Waals surface area contributed by atoms with Gasteiger partial charge in [0.05, 0.1) is 0 Å². The molecule has 0 fully saturated rings. The van der Waals surface area contributed by atoms with Gasteiger partial charge < -0.3 is 30.3 Å². The monoisotopic (exact) mass is 622 g/mol. The average Bonchev–Trinajstić information content (AvgIpc) is 3.65. The van der Waals surface area contributed by atoms with Crippen LogP contribution in [0.5, 0.6) is 0 Å². The van der Waals surface area contributed by atoms with E-state index in [1.807, 2.05) is 30.3 Å². The van der Waals surface area contributed by atoms with E-state index in [-0.39, 0.29) is 17.1 Å². The molecule has 6 aromatic carbocycles. The molecule has 0 aromatic heterocycles. The van der Waals surface area contributed by atoms with Gasteiger partial charge in [-0.2, -0.15) is 23.0 Å². The second kappa shape index (κ2) is 14.8. The zero-order valence-electron chi connectivity index (χ0n) is 21.0. The van der Waals surface area contributed by atoms with Gasteiger partial charge in [0.25, 0.3) is 0 Å². The molecule has 0 aliphatic carbocycles. The normalized spacial score (nSPS) is 10.6. The first-order valence-electron chi connectivity index (χ1n) is 12.4. The summed E-state index contributed by atoms with van der Waals surface area (Å²) >= 11 is 13.8. The molecule has 0 bridgehead atoms. The van der Waals surface area contributed by atoms with Crippen molar-refractivity contribution in [1.82, 2.24) is 0 Å². The van der Waals surface area contributed by atoms with E-state index in [9.17, 15) is 0 Å². The predicted molar refractivity (Wildman–Crippen MR) is 172 cm³/mol. The quantitative estimate of drug-likeness (QED) is 0.102. The zero-order valence-corrected chi connectivity index (χ0v) is 25.4. The first kappa shape index (κ1) is 29.5. The Labute approximate surface area is 254 Å². The molecule has 0 heterocycles. The van der Waals surface area contributed by atoms with Crippen LogP contribution < -0.4 is 31.8 Å². The third kappa shape index (κ3) is 7.20. The van der Waals surface area contributed by atoms with Crippen molar-refractivity contribution < 1.29 is 17.1 Å². The molecule has 0 nitrogen and oxygen atoms in total. The maximum Gasteiger partial charge on any atom is 0 e. The van der Waals surface area contributed by atoms with E-state index in [1.165, 1.54) is 26.5 Å². The van der Waals surface area contributed by atoms with Crippen LogP contribution in [0.4, 0.5) is 0 Å². The fourth-order valence-electron chi connectivity index (χ4n) is 4.32. The van der Waals surface area contributed by atoms with Crippen molar-refractivity contribution in [3.8, 4) is 0 Å². The predicted octanol–water partition coefficient (Wildman–Crippen LogP) is 7.63. The summed E-state index contributed by atoms with van der Waals surface area (Å²) in [5.41, 5.74) is 0. The second-order valence-corrected chi connectivity index (χ2v) is 13.6. The van der Waals surface area contributed by atoms with Crippen molar-refractivity contribution in [2.75, 3.05) is 0 Å². The third-order valence-electron chi connectivity index (χ3n) is 6.00. The van der Waals surface area contributed by atoms with E-state index in [4.69, 9.17) is 23.2 Å². The number of halogens is 2. The minimum Gasteiger partial charge on any atom is -0.748 e. The van der Waals surface area contributed by atoms with E-state index >= 15 is 0 Å². The first-order chi connectivity index (χ1) is 18.7. The summed E-state index contributed by atoms with van der Waals surface area (Å²) in [4.78, 5) is 0. The zero-order chi connectivity index (χ0) is 26.2. The van der Waals surface area contributed by atoms with Gasteiger partial charge in [-0.15, -0.1) is 16.9 Å². The van der Waals surface area contributed by atoms with Gasteiger partial charge in [-0.25, -0.2) is 0 Å². The van der Waals surface area contributed by atoms with Gasteiger partial charge in [-0.3, -0.25) is 0 Å². The number of benzene rings is 4. The summed E-state index contributed by atoms with van der Waals surface area (Å²) in [5, 5.41) is 8.79. The van der Waals surface area contributed by atoms with E-state index in [0.29, 0.717) is 10.0 Å². The molecule has 0 radical (unpaired) electrons. The van der Waals surface area contributed by atoms with Crippen LogP contribution in [-0.4, -0.2) is 0 Å². The van der Waals surface area contributed by atoms with E-state index in [2.05, 4.69) is 127 Å². The molecule has 0 unspecified atom stereocenters. The Morgan fingerprint density at radius 1 is 0.487 bits per heavy atom. The maximum atomic E-state index is 7.02. The smallest absolute Gasteiger partial charge is 0 e. The molecule has 0 amide bonds. The molecule has 0 aliphatic heterocycles. The summed E-state index contributed by atoms with van der Waals surface area (Å²) in [5.74, 6) is 0. The Kier molecular flexibility index (Phi) is 11.2.